The van der Waals surface area contributed by atoms with Crippen molar-refractivity contribution < 1.29 is 9.53 Å². The number of amides is 1. The van der Waals surface area contributed by atoms with E-state index in [1.54, 1.807) is 27.1 Å². The quantitative estimate of drug-likeness (QED) is 0.350. The van der Waals surface area contributed by atoms with Crippen molar-refractivity contribution in [2.45, 2.75) is 6.92 Å². The van der Waals surface area contributed by atoms with E-state index in [-0.39, 0.29) is 11.5 Å². The normalized spacial score (nSPS) is 10.3. The largest absolute Gasteiger partial charge is 0.500 e. The minimum absolute atomic E-state index is 0.0156. The van der Waals surface area contributed by atoms with Gasteiger partial charge < -0.3 is 9.64 Å². The van der Waals surface area contributed by atoms with Crippen LogP contribution in [0.25, 0.3) is 0 Å². The van der Waals surface area contributed by atoms with Crippen LogP contribution in [0.15, 0.2) is 11.8 Å². The molecule has 4 nitrogen and oxygen atoms in total. The molecule has 0 unspecified atom stereocenters. The van der Waals surface area contributed by atoms with Crippen molar-refractivity contribution in [3.05, 3.63) is 11.8 Å². The van der Waals surface area contributed by atoms with E-state index in [1.165, 1.54) is 11.2 Å². The van der Waals surface area contributed by atoms with Crippen LogP contribution >= 0.6 is 0 Å². The number of hydrogen-bond acceptors (Lipinski definition) is 3. The van der Waals surface area contributed by atoms with E-state index in [2.05, 4.69) is 0 Å². The Hall–Kier alpha value is -1.50. The predicted molar refractivity (Wildman–Crippen MR) is 44.0 cm³/mol. The summed E-state index contributed by atoms with van der Waals surface area (Å²) in [6.45, 7) is 2.23. The molecule has 0 fully saturated rings. The average Bonchev–Trinajstić information content (AvgIpc) is 2.05. The van der Waals surface area contributed by atoms with Crippen LogP contribution < -0.4 is 0 Å². The van der Waals surface area contributed by atoms with Crippen LogP contribution in [0.2, 0.25) is 0 Å². The summed E-state index contributed by atoms with van der Waals surface area (Å²) in [7, 11) is 3.17. The molecule has 0 aromatic carbocycles. The molecule has 0 saturated heterocycles. The lowest BCUT2D eigenvalue weighted by Gasteiger charge is -2.07. The molecule has 0 aliphatic heterocycles. The zero-order valence-electron chi connectivity index (χ0n) is 7.50. The molecule has 0 N–H and O–H groups in total. The summed E-state index contributed by atoms with van der Waals surface area (Å²) in [5.41, 5.74) is 0.0156. The van der Waals surface area contributed by atoms with Gasteiger partial charge in [0.2, 0.25) is 0 Å². The second kappa shape index (κ2) is 5.19. The van der Waals surface area contributed by atoms with Gasteiger partial charge in [-0.25, -0.2) is 0 Å². The standard InChI is InChI=1S/C8H12N2O2/c1-4-12-6-7(5-9)8(11)10(2)3/h6H,4H2,1-3H3. The summed E-state index contributed by atoms with van der Waals surface area (Å²) < 4.78 is 4.83. The molecule has 12 heavy (non-hydrogen) atoms. The van der Waals surface area contributed by atoms with Crippen LogP contribution in [0.5, 0.6) is 0 Å². The van der Waals surface area contributed by atoms with Crippen LogP contribution in [0.4, 0.5) is 0 Å². The Morgan fingerprint density at radius 3 is 2.58 bits per heavy atom. The van der Waals surface area contributed by atoms with E-state index < -0.39 is 0 Å². The molecule has 0 aliphatic rings. The highest BCUT2D eigenvalue weighted by molar-refractivity contribution is 5.96. The zero-order valence-corrected chi connectivity index (χ0v) is 7.50. The van der Waals surface area contributed by atoms with E-state index in [1.807, 2.05) is 0 Å². The highest BCUT2D eigenvalue weighted by Crippen LogP contribution is 1.97. The van der Waals surface area contributed by atoms with Gasteiger partial charge in [0.1, 0.15) is 12.3 Å². The van der Waals surface area contributed by atoms with Gasteiger partial charge in [0.25, 0.3) is 5.91 Å². The monoisotopic (exact) mass is 168 g/mol. The minimum atomic E-state index is -0.342. The van der Waals surface area contributed by atoms with Gasteiger partial charge in [0.05, 0.1) is 6.61 Å². The summed E-state index contributed by atoms with van der Waals surface area (Å²) in [4.78, 5) is 12.5. The number of carbonyl (C=O) groups excluding carboxylic acids is 1. The number of carbonyl (C=O) groups is 1. The molecule has 0 atom stereocenters. The van der Waals surface area contributed by atoms with Gasteiger partial charge in [0.15, 0.2) is 5.57 Å². The molecule has 0 spiro atoms. The first-order valence-corrected chi connectivity index (χ1v) is 3.57. The van der Waals surface area contributed by atoms with E-state index >= 15 is 0 Å². The predicted octanol–water partition coefficient (Wildman–Crippen LogP) is 0.519. The first-order valence-electron chi connectivity index (χ1n) is 3.57. The molecule has 0 rings (SSSR count). The van der Waals surface area contributed by atoms with Gasteiger partial charge in [-0.1, -0.05) is 0 Å². The van der Waals surface area contributed by atoms with Crippen molar-refractivity contribution in [2.24, 2.45) is 0 Å². The van der Waals surface area contributed by atoms with Crippen molar-refractivity contribution in [1.82, 2.24) is 4.90 Å². The number of rotatable bonds is 3. The van der Waals surface area contributed by atoms with Crippen molar-refractivity contribution >= 4 is 5.91 Å². The van der Waals surface area contributed by atoms with Gasteiger partial charge in [-0.15, -0.1) is 0 Å². The van der Waals surface area contributed by atoms with Crippen LogP contribution in [0, 0.1) is 11.3 Å². The molecule has 0 bridgehead atoms. The number of ether oxygens (including phenoxy) is 1. The number of nitrogens with zero attached hydrogens (tertiary/aromatic N) is 2. The highest BCUT2D eigenvalue weighted by Gasteiger charge is 2.10. The Morgan fingerprint density at radius 1 is 1.67 bits per heavy atom. The molecule has 0 heterocycles. The van der Waals surface area contributed by atoms with Crippen LogP contribution in [0.3, 0.4) is 0 Å². The molecule has 66 valence electrons. The van der Waals surface area contributed by atoms with Gasteiger partial charge in [-0.3, -0.25) is 4.79 Å². The zero-order chi connectivity index (χ0) is 9.56. The molecule has 0 aliphatic carbocycles. The van der Waals surface area contributed by atoms with Crippen LogP contribution in [0.1, 0.15) is 6.92 Å². The fourth-order valence-corrected chi connectivity index (χ4v) is 0.532. The number of likely N-dealkylation sites (N-methyl/N-ethyl adjacent to an activating group) is 1. The lowest BCUT2D eigenvalue weighted by atomic mass is 10.3. The molecular formula is C8H12N2O2. The SMILES string of the molecule is CCOC=C(C#N)C(=O)N(C)C. The van der Waals surface area contributed by atoms with Gasteiger partial charge >= 0.3 is 0 Å². The topological polar surface area (TPSA) is 53.3 Å². The number of hydrogen-bond donors (Lipinski definition) is 0. The summed E-state index contributed by atoms with van der Waals surface area (Å²) >= 11 is 0. The summed E-state index contributed by atoms with van der Waals surface area (Å²) in [5, 5.41) is 8.53. The Morgan fingerprint density at radius 2 is 2.25 bits per heavy atom. The minimum Gasteiger partial charge on any atom is -0.500 e. The second-order valence-corrected chi connectivity index (χ2v) is 2.30. The fourth-order valence-electron chi connectivity index (χ4n) is 0.532. The maximum Gasteiger partial charge on any atom is 0.267 e. The third-order valence-corrected chi connectivity index (χ3v) is 1.12. The number of nitriles is 1. The Bertz CT molecular complexity index is 226. The second-order valence-electron chi connectivity index (χ2n) is 2.30. The summed E-state index contributed by atoms with van der Waals surface area (Å²) in [6.07, 6.45) is 1.18. The van der Waals surface area contributed by atoms with E-state index in [0.29, 0.717) is 6.61 Å². The lowest BCUT2D eigenvalue weighted by molar-refractivity contribution is -0.124. The Labute approximate surface area is 72.0 Å². The van der Waals surface area contributed by atoms with Crippen molar-refractivity contribution in [2.75, 3.05) is 20.7 Å². The van der Waals surface area contributed by atoms with Crippen molar-refractivity contribution in [3.63, 3.8) is 0 Å². The van der Waals surface area contributed by atoms with E-state index in [9.17, 15) is 4.79 Å². The van der Waals surface area contributed by atoms with Crippen LogP contribution in [-0.4, -0.2) is 31.5 Å². The maximum atomic E-state index is 11.1. The molecule has 0 saturated carbocycles. The van der Waals surface area contributed by atoms with E-state index in [0.717, 1.165) is 0 Å². The van der Waals surface area contributed by atoms with Gasteiger partial charge in [0, 0.05) is 14.1 Å². The average molecular weight is 168 g/mol. The third-order valence-electron chi connectivity index (χ3n) is 1.12. The maximum absolute atomic E-state index is 11.1. The molecular weight excluding hydrogens is 156 g/mol. The molecule has 0 aromatic rings. The van der Waals surface area contributed by atoms with Gasteiger partial charge in [-0.05, 0) is 6.92 Å². The summed E-state index contributed by atoms with van der Waals surface area (Å²) in [6, 6.07) is 1.76. The fraction of sp³-hybridized carbons (Fsp3) is 0.500. The Kier molecular flexibility index (Phi) is 4.54. The Balaban J connectivity index is 4.37. The van der Waals surface area contributed by atoms with Crippen molar-refractivity contribution in [1.29, 1.82) is 5.26 Å². The molecule has 0 radical (unpaired) electrons. The molecule has 1 amide bonds. The smallest absolute Gasteiger partial charge is 0.267 e. The van der Waals surface area contributed by atoms with Crippen LogP contribution in [-0.2, 0) is 9.53 Å². The molecule has 4 heteroatoms. The van der Waals surface area contributed by atoms with E-state index in [4.69, 9.17) is 10.00 Å². The highest BCUT2D eigenvalue weighted by atomic mass is 16.5. The first-order chi connectivity index (χ1) is 5.63. The van der Waals surface area contributed by atoms with Gasteiger partial charge in [-0.2, -0.15) is 5.26 Å². The van der Waals surface area contributed by atoms with Crippen molar-refractivity contribution in [3.8, 4) is 6.07 Å². The lowest BCUT2D eigenvalue weighted by Crippen LogP contribution is -2.23. The third kappa shape index (κ3) is 3.06. The summed E-state index contributed by atoms with van der Waals surface area (Å²) in [5.74, 6) is -0.342. The molecule has 0 aromatic heterocycles. The first kappa shape index (κ1) is 10.5.